The Bertz CT molecular complexity index is 3310. The summed E-state index contributed by atoms with van der Waals surface area (Å²) in [6.45, 7) is 0. The van der Waals surface area contributed by atoms with Crippen molar-refractivity contribution in [3.63, 3.8) is 0 Å². The molecule has 0 aliphatic heterocycles. The number of hydrogen-bond acceptors (Lipinski definition) is 2. The van der Waals surface area contributed by atoms with Crippen molar-refractivity contribution in [3.8, 4) is 55.6 Å². The van der Waals surface area contributed by atoms with E-state index >= 15 is 0 Å². The monoisotopic (exact) mass is 765 g/mol. The van der Waals surface area contributed by atoms with E-state index in [0.29, 0.717) is 0 Å². The number of hydrogen-bond donors (Lipinski definition) is 0. The number of benzene rings is 10. The first kappa shape index (κ1) is 35.2. The van der Waals surface area contributed by atoms with Gasteiger partial charge in [-0.3, -0.25) is 0 Å². The van der Waals surface area contributed by atoms with E-state index < -0.39 is 0 Å². The molecule has 0 fully saturated rings. The third-order valence-corrected chi connectivity index (χ3v) is 11.7. The van der Waals surface area contributed by atoms with Crippen LogP contribution in [0, 0.1) is 0 Å². The van der Waals surface area contributed by atoms with Crippen LogP contribution in [0.1, 0.15) is 0 Å². The molecule has 0 saturated heterocycles. The van der Waals surface area contributed by atoms with Crippen LogP contribution in [0.3, 0.4) is 0 Å². The molecule has 0 aliphatic carbocycles. The zero-order chi connectivity index (χ0) is 39.8. The van der Waals surface area contributed by atoms with Gasteiger partial charge in [-0.2, -0.15) is 0 Å². The van der Waals surface area contributed by atoms with Gasteiger partial charge in [0.05, 0.1) is 11.1 Å². The molecule has 0 N–H and O–H groups in total. The Morgan fingerprint density at radius 2 is 0.750 bits per heavy atom. The fourth-order valence-electron chi connectivity index (χ4n) is 8.84. The summed E-state index contributed by atoms with van der Waals surface area (Å²) >= 11 is 0. The molecule has 0 spiro atoms. The number of nitrogens with zero attached hydrogens (tertiary/aromatic N) is 1. The number of para-hydroxylation sites is 1. The van der Waals surface area contributed by atoms with E-state index in [-0.39, 0.29) is 0 Å². The summed E-state index contributed by atoms with van der Waals surface area (Å²) in [4.78, 5) is 2.36. The second-order valence-corrected chi connectivity index (χ2v) is 15.2. The van der Waals surface area contributed by atoms with Crippen molar-refractivity contribution >= 4 is 49.8 Å². The van der Waals surface area contributed by atoms with Gasteiger partial charge in [-0.25, -0.2) is 0 Å². The van der Waals surface area contributed by atoms with Gasteiger partial charge in [0.1, 0.15) is 11.2 Å². The Labute approximate surface area is 349 Å². The van der Waals surface area contributed by atoms with Crippen molar-refractivity contribution in [1.82, 2.24) is 0 Å². The highest BCUT2D eigenvalue weighted by Crippen LogP contribution is 2.45. The summed E-state index contributed by atoms with van der Waals surface area (Å²) in [6.07, 6.45) is 0. The van der Waals surface area contributed by atoms with Crippen LogP contribution in [0.2, 0.25) is 0 Å². The lowest BCUT2D eigenvalue weighted by atomic mass is 9.87. The van der Waals surface area contributed by atoms with Gasteiger partial charge < -0.3 is 9.32 Å². The lowest BCUT2D eigenvalue weighted by Gasteiger charge is -2.27. The Morgan fingerprint density at radius 1 is 0.283 bits per heavy atom. The molecule has 0 bridgehead atoms. The maximum absolute atomic E-state index is 6.41. The van der Waals surface area contributed by atoms with Gasteiger partial charge in [0.25, 0.3) is 0 Å². The molecule has 0 unspecified atom stereocenters. The molecular formula is C58H39NO. The number of furan rings is 1. The van der Waals surface area contributed by atoms with E-state index in [1.54, 1.807) is 0 Å². The summed E-state index contributed by atoms with van der Waals surface area (Å²) in [6, 6.07) is 84.8. The molecule has 282 valence electrons. The summed E-state index contributed by atoms with van der Waals surface area (Å²) < 4.78 is 6.41. The molecule has 0 atom stereocenters. The molecule has 1 heterocycles. The second-order valence-electron chi connectivity index (χ2n) is 15.2. The lowest BCUT2D eigenvalue weighted by molar-refractivity contribution is 0.669. The highest BCUT2D eigenvalue weighted by atomic mass is 16.3. The van der Waals surface area contributed by atoms with Gasteiger partial charge in [0.15, 0.2) is 0 Å². The molecule has 2 nitrogen and oxygen atoms in total. The van der Waals surface area contributed by atoms with Crippen LogP contribution in [0.4, 0.5) is 17.1 Å². The maximum atomic E-state index is 6.41. The van der Waals surface area contributed by atoms with E-state index in [1.807, 2.05) is 12.1 Å². The average molecular weight is 766 g/mol. The Morgan fingerprint density at radius 3 is 1.40 bits per heavy atom. The minimum Gasteiger partial charge on any atom is -0.456 e. The summed E-state index contributed by atoms with van der Waals surface area (Å²) in [5.41, 5.74) is 16.9. The first-order valence-corrected chi connectivity index (χ1v) is 20.5. The first-order valence-electron chi connectivity index (χ1n) is 20.5. The van der Waals surface area contributed by atoms with E-state index in [4.69, 9.17) is 4.42 Å². The zero-order valence-corrected chi connectivity index (χ0v) is 32.9. The van der Waals surface area contributed by atoms with Crippen LogP contribution in [-0.4, -0.2) is 0 Å². The van der Waals surface area contributed by atoms with Crippen LogP contribution in [-0.2, 0) is 0 Å². The number of rotatable bonds is 8. The summed E-state index contributed by atoms with van der Waals surface area (Å²) in [7, 11) is 0. The van der Waals surface area contributed by atoms with Gasteiger partial charge in [0.2, 0.25) is 0 Å². The fraction of sp³-hybridized carbons (Fsp3) is 0. The molecule has 0 radical (unpaired) electrons. The van der Waals surface area contributed by atoms with Gasteiger partial charge in [-0.05, 0) is 115 Å². The molecule has 10 aromatic carbocycles. The van der Waals surface area contributed by atoms with Crippen LogP contribution in [0.5, 0.6) is 0 Å². The Balaban J connectivity index is 1.02. The minimum atomic E-state index is 0.865. The van der Waals surface area contributed by atoms with E-state index in [2.05, 4.69) is 229 Å². The van der Waals surface area contributed by atoms with E-state index in [9.17, 15) is 0 Å². The van der Waals surface area contributed by atoms with Gasteiger partial charge in [-0.15, -0.1) is 0 Å². The molecule has 60 heavy (non-hydrogen) atoms. The third kappa shape index (κ3) is 6.32. The SMILES string of the molecule is c1ccc(-c2ccccc2-c2ccccc2-c2ccccc2-c2ccc(N(c3ccc(-c4ccc5ccccc5c4)cc3)c3cccc4oc5ccccc5c34)cc2)cc1. The highest BCUT2D eigenvalue weighted by molar-refractivity contribution is 6.13. The van der Waals surface area contributed by atoms with Gasteiger partial charge in [-0.1, -0.05) is 188 Å². The van der Waals surface area contributed by atoms with Crippen molar-refractivity contribution in [2.24, 2.45) is 0 Å². The van der Waals surface area contributed by atoms with Crippen molar-refractivity contribution < 1.29 is 4.42 Å². The maximum Gasteiger partial charge on any atom is 0.137 e. The minimum absolute atomic E-state index is 0.865. The third-order valence-electron chi connectivity index (χ3n) is 11.7. The molecule has 11 rings (SSSR count). The zero-order valence-electron chi connectivity index (χ0n) is 32.9. The molecule has 11 aromatic rings. The van der Waals surface area contributed by atoms with Crippen molar-refractivity contribution in [3.05, 3.63) is 237 Å². The first-order chi connectivity index (χ1) is 29.8. The highest BCUT2D eigenvalue weighted by Gasteiger charge is 2.21. The second kappa shape index (κ2) is 15.1. The van der Waals surface area contributed by atoms with Crippen LogP contribution < -0.4 is 4.90 Å². The molecule has 0 saturated carbocycles. The molecule has 1 aromatic heterocycles. The predicted octanol–water partition coefficient (Wildman–Crippen LogP) is 16.5. The molecule has 2 heteroatoms. The van der Waals surface area contributed by atoms with Crippen molar-refractivity contribution in [2.75, 3.05) is 4.90 Å². The molecule has 0 aliphatic rings. The standard InChI is InChI=1S/C58H39NO/c1-2-16-42(17-3-1)48-19-6-8-21-50(48)52-23-10-11-24-53(52)51-22-9-7-20-49(51)43-33-37-47(38-34-43)59(55-26-14-28-57-58(55)54-25-12-13-27-56(54)60-57)46-35-31-41(32-36-46)45-30-29-40-15-4-5-18-44(40)39-45/h1-39H. The van der Waals surface area contributed by atoms with Crippen LogP contribution in [0.15, 0.2) is 241 Å². The van der Waals surface area contributed by atoms with Crippen molar-refractivity contribution in [2.45, 2.75) is 0 Å². The number of anilines is 3. The van der Waals surface area contributed by atoms with E-state index in [0.717, 1.165) is 44.6 Å². The largest absolute Gasteiger partial charge is 0.456 e. The van der Waals surface area contributed by atoms with Crippen LogP contribution in [0.25, 0.3) is 88.3 Å². The van der Waals surface area contributed by atoms with Gasteiger partial charge in [0, 0.05) is 16.8 Å². The van der Waals surface area contributed by atoms with Crippen LogP contribution >= 0.6 is 0 Å². The normalized spacial score (nSPS) is 11.3. The summed E-state index contributed by atoms with van der Waals surface area (Å²) in [5, 5.41) is 4.67. The quantitative estimate of drug-likeness (QED) is 0.153. The topological polar surface area (TPSA) is 16.4 Å². The van der Waals surface area contributed by atoms with Crippen molar-refractivity contribution in [1.29, 1.82) is 0 Å². The fourth-order valence-corrected chi connectivity index (χ4v) is 8.84. The Kier molecular flexibility index (Phi) is 8.87. The number of fused-ring (bicyclic) bond motifs is 4. The molecule has 0 amide bonds. The predicted molar refractivity (Wildman–Crippen MR) is 253 cm³/mol. The lowest BCUT2D eigenvalue weighted by Crippen LogP contribution is -2.10. The average Bonchev–Trinajstić information content (AvgIpc) is 3.72. The summed E-state index contributed by atoms with van der Waals surface area (Å²) in [5.74, 6) is 0. The van der Waals surface area contributed by atoms with Gasteiger partial charge >= 0.3 is 0 Å². The molecular weight excluding hydrogens is 727 g/mol. The smallest absolute Gasteiger partial charge is 0.137 e. The van der Waals surface area contributed by atoms with E-state index in [1.165, 1.54) is 60.8 Å². The Hall–Kier alpha value is -7.94.